The zero-order valence-electron chi connectivity index (χ0n) is 16.5. The fraction of sp³-hybridized carbons (Fsp3) is 0.273. The van der Waals surface area contributed by atoms with E-state index >= 15 is 0 Å². The third-order valence-electron chi connectivity index (χ3n) is 4.92. The molecule has 0 saturated carbocycles. The number of benzene rings is 2. The zero-order valence-corrected chi connectivity index (χ0v) is 16.5. The van der Waals surface area contributed by atoms with Gasteiger partial charge < -0.3 is 24.6 Å². The van der Waals surface area contributed by atoms with Crippen molar-refractivity contribution in [3.8, 4) is 11.5 Å². The van der Waals surface area contributed by atoms with Crippen molar-refractivity contribution in [2.75, 3.05) is 27.4 Å². The van der Waals surface area contributed by atoms with Crippen molar-refractivity contribution < 1.29 is 29.3 Å². The number of Topliss-reactive ketones (excluding diaryl/α,β-unsaturated/α-hetero) is 1. The lowest BCUT2D eigenvalue weighted by Crippen LogP contribution is -2.32. The van der Waals surface area contributed by atoms with E-state index in [2.05, 4.69) is 0 Å². The van der Waals surface area contributed by atoms with Gasteiger partial charge in [0.25, 0.3) is 11.7 Å². The third-order valence-corrected chi connectivity index (χ3v) is 4.92. The fourth-order valence-electron chi connectivity index (χ4n) is 3.39. The minimum absolute atomic E-state index is 0.0282. The van der Waals surface area contributed by atoms with Crippen molar-refractivity contribution in [2.45, 2.75) is 13.0 Å². The highest BCUT2D eigenvalue weighted by Crippen LogP contribution is 2.41. The van der Waals surface area contributed by atoms with Gasteiger partial charge in [0.15, 0.2) is 11.5 Å². The first-order valence-corrected chi connectivity index (χ1v) is 9.10. The van der Waals surface area contributed by atoms with E-state index in [1.165, 1.54) is 25.2 Å². The van der Waals surface area contributed by atoms with Crippen molar-refractivity contribution in [1.29, 1.82) is 0 Å². The van der Waals surface area contributed by atoms with Crippen molar-refractivity contribution in [3.05, 3.63) is 64.7 Å². The predicted molar refractivity (Wildman–Crippen MR) is 107 cm³/mol. The largest absolute Gasteiger partial charge is 0.507 e. The molecule has 0 spiro atoms. The number of ether oxygens (including phenoxy) is 2. The molecule has 1 aliphatic rings. The zero-order chi connectivity index (χ0) is 21.1. The number of amides is 1. The molecule has 2 N–H and O–H groups in total. The number of carbonyl (C=O) groups is 2. The van der Waals surface area contributed by atoms with Gasteiger partial charge in [-0.3, -0.25) is 9.59 Å². The van der Waals surface area contributed by atoms with Crippen LogP contribution in [-0.2, 0) is 14.3 Å². The van der Waals surface area contributed by atoms with Gasteiger partial charge in [-0.25, -0.2) is 0 Å². The molecule has 1 atom stereocenters. The summed E-state index contributed by atoms with van der Waals surface area (Å²) in [4.78, 5) is 26.8. The molecule has 0 aliphatic carbocycles. The standard InChI is InChI=1S/C22H23NO6/c1-13-4-6-14(7-5-13)20(25)18-19(15-8-9-17(29-3)16(24)12-15)23(10-11-28-2)22(27)21(18)26/h4-9,12,19,24-25H,10-11H2,1-3H3/b20-18-. The third kappa shape index (κ3) is 3.82. The molecule has 1 saturated heterocycles. The van der Waals surface area contributed by atoms with Crippen LogP contribution in [0.5, 0.6) is 11.5 Å². The summed E-state index contributed by atoms with van der Waals surface area (Å²) in [7, 11) is 2.92. The molecule has 0 radical (unpaired) electrons. The Bertz CT molecular complexity index is 964. The van der Waals surface area contributed by atoms with E-state index in [4.69, 9.17) is 9.47 Å². The lowest BCUT2D eigenvalue weighted by molar-refractivity contribution is -0.140. The fourth-order valence-corrected chi connectivity index (χ4v) is 3.39. The summed E-state index contributed by atoms with van der Waals surface area (Å²) in [5.41, 5.74) is 1.88. The van der Waals surface area contributed by atoms with Crippen LogP contribution in [0.25, 0.3) is 5.76 Å². The number of ketones is 1. The average molecular weight is 397 g/mol. The van der Waals surface area contributed by atoms with Gasteiger partial charge in [-0.1, -0.05) is 35.9 Å². The van der Waals surface area contributed by atoms with Crippen molar-refractivity contribution in [3.63, 3.8) is 0 Å². The van der Waals surface area contributed by atoms with Crippen LogP contribution in [0.3, 0.4) is 0 Å². The quantitative estimate of drug-likeness (QED) is 0.442. The summed E-state index contributed by atoms with van der Waals surface area (Å²) in [5.74, 6) is -1.63. The van der Waals surface area contributed by atoms with Crippen molar-refractivity contribution >= 4 is 17.4 Å². The van der Waals surface area contributed by atoms with E-state index in [0.717, 1.165) is 5.56 Å². The molecular formula is C22H23NO6. The molecule has 3 rings (SSSR count). The van der Waals surface area contributed by atoms with Gasteiger partial charge in [0, 0.05) is 19.2 Å². The molecule has 1 heterocycles. The van der Waals surface area contributed by atoms with Crippen LogP contribution in [0.4, 0.5) is 0 Å². The molecule has 7 nitrogen and oxygen atoms in total. The van der Waals surface area contributed by atoms with E-state index in [1.54, 1.807) is 24.3 Å². The summed E-state index contributed by atoms with van der Waals surface area (Å²) in [6.45, 7) is 2.28. The average Bonchev–Trinajstić information content (AvgIpc) is 2.96. The summed E-state index contributed by atoms with van der Waals surface area (Å²) in [5, 5.41) is 21.1. The molecule has 152 valence electrons. The van der Waals surface area contributed by atoms with Crippen molar-refractivity contribution in [2.24, 2.45) is 0 Å². The number of likely N-dealkylation sites (tertiary alicyclic amines) is 1. The Morgan fingerprint density at radius 3 is 2.38 bits per heavy atom. The number of methoxy groups -OCH3 is 2. The highest BCUT2D eigenvalue weighted by molar-refractivity contribution is 6.46. The molecule has 1 fully saturated rings. The highest BCUT2D eigenvalue weighted by Gasteiger charge is 2.46. The molecule has 29 heavy (non-hydrogen) atoms. The predicted octanol–water partition coefficient (Wildman–Crippen LogP) is 2.78. The second-order valence-corrected chi connectivity index (χ2v) is 6.78. The molecule has 2 aromatic rings. The minimum atomic E-state index is -0.858. The number of phenols is 1. The van der Waals surface area contributed by atoms with E-state index in [1.807, 2.05) is 19.1 Å². The molecule has 1 amide bonds. The van der Waals surface area contributed by atoms with Crippen LogP contribution in [-0.4, -0.2) is 54.2 Å². The van der Waals surface area contributed by atoms with Crippen LogP contribution in [0.1, 0.15) is 22.7 Å². The summed E-state index contributed by atoms with van der Waals surface area (Å²) < 4.78 is 10.1. The van der Waals surface area contributed by atoms with Crippen LogP contribution in [0, 0.1) is 6.92 Å². The monoisotopic (exact) mass is 397 g/mol. The second-order valence-electron chi connectivity index (χ2n) is 6.78. The van der Waals surface area contributed by atoms with Crippen LogP contribution in [0.15, 0.2) is 48.0 Å². The number of nitrogens with zero attached hydrogens (tertiary/aromatic N) is 1. The Morgan fingerprint density at radius 1 is 1.10 bits per heavy atom. The number of aliphatic hydroxyl groups excluding tert-OH is 1. The maximum absolute atomic E-state index is 12.8. The SMILES string of the molecule is COCCN1C(=O)C(=O)/C(=C(\O)c2ccc(C)cc2)C1c1ccc(OC)c(O)c1. The molecule has 0 bridgehead atoms. The van der Waals surface area contributed by atoms with Crippen LogP contribution in [0.2, 0.25) is 0 Å². The number of aliphatic hydroxyl groups is 1. The Kier molecular flexibility index (Phi) is 5.89. The number of phenolic OH excluding ortho intramolecular Hbond substituents is 1. The van der Waals surface area contributed by atoms with E-state index in [-0.39, 0.29) is 36.0 Å². The molecule has 2 aromatic carbocycles. The van der Waals surface area contributed by atoms with Gasteiger partial charge in [-0.05, 0) is 24.6 Å². The molecule has 0 aromatic heterocycles. The van der Waals surface area contributed by atoms with Gasteiger partial charge >= 0.3 is 0 Å². The van der Waals surface area contributed by atoms with Gasteiger partial charge in [0.05, 0.1) is 25.3 Å². The lowest BCUT2D eigenvalue weighted by atomic mass is 9.94. The maximum Gasteiger partial charge on any atom is 0.295 e. The number of hydrogen-bond acceptors (Lipinski definition) is 6. The first kappa shape index (κ1) is 20.4. The summed E-state index contributed by atoms with van der Waals surface area (Å²) in [6, 6.07) is 10.8. The minimum Gasteiger partial charge on any atom is -0.507 e. The molecule has 1 unspecified atom stereocenters. The first-order valence-electron chi connectivity index (χ1n) is 9.10. The Hall–Kier alpha value is -3.32. The molecule has 7 heteroatoms. The Labute approximate surface area is 168 Å². The van der Waals surface area contributed by atoms with E-state index in [0.29, 0.717) is 11.1 Å². The molecular weight excluding hydrogens is 374 g/mol. The topological polar surface area (TPSA) is 96.3 Å². The second kappa shape index (κ2) is 8.36. The number of rotatable bonds is 6. The summed E-state index contributed by atoms with van der Waals surface area (Å²) in [6.07, 6.45) is 0. The first-order chi connectivity index (χ1) is 13.9. The Morgan fingerprint density at radius 2 is 1.79 bits per heavy atom. The Balaban J connectivity index is 2.17. The normalized spacial score (nSPS) is 18.3. The smallest absolute Gasteiger partial charge is 0.295 e. The van der Waals surface area contributed by atoms with Gasteiger partial charge in [-0.15, -0.1) is 0 Å². The van der Waals surface area contributed by atoms with E-state index in [9.17, 15) is 19.8 Å². The van der Waals surface area contributed by atoms with Gasteiger partial charge in [0.1, 0.15) is 5.76 Å². The van der Waals surface area contributed by atoms with Crippen molar-refractivity contribution in [1.82, 2.24) is 4.90 Å². The van der Waals surface area contributed by atoms with Gasteiger partial charge in [0.2, 0.25) is 0 Å². The number of aromatic hydroxyl groups is 1. The number of aryl methyl sites for hydroxylation is 1. The van der Waals surface area contributed by atoms with Crippen LogP contribution >= 0.6 is 0 Å². The molecule has 1 aliphatic heterocycles. The maximum atomic E-state index is 12.8. The van der Waals surface area contributed by atoms with Gasteiger partial charge in [-0.2, -0.15) is 0 Å². The number of carbonyl (C=O) groups excluding carboxylic acids is 2. The lowest BCUT2D eigenvalue weighted by Gasteiger charge is -2.25. The summed E-state index contributed by atoms with van der Waals surface area (Å²) >= 11 is 0. The van der Waals surface area contributed by atoms with Crippen LogP contribution < -0.4 is 4.74 Å². The number of hydrogen-bond donors (Lipinski definition) is 2. The van der Waals surface area contributed by atoms with E-state index < -0.39 is 17.7 Å². The highest BCUT2D eigenvalue weighted by atomic mass is 16.5.